The molecule has 1 aromatic carbocycles. The lowest BCUT2D eigenvalue weighted by Crippen LogP contribution is -2.31. The Morgan fingerprint density at radius 2 is 2.04 bits per heavy atom. The van der Waals surface area contributed by atoms with Gasteiger partial charge in [-0.1, -0.05) is 24.3 Å². The van der Waals surface area contributed by atoms with Crippen molar-refractivity contribution in [3.05, 3.63) is 75.1 Å². The maximum absolute atomic E-state index is 12.8. The Kier molecular flexibility index (Phi) is 5.02. The molecule has 6 nitrogen and oxygen atoms in total. The average molecular weight is 380 g/mol. The van der Waals surface area contributed by atoms with E-state index in [1.807, 2.05) is 47.8 Å². The van der Waals surface area contributed by atoms with Gasteiger partial charge in [0, 0.05) is 23.4 Å². The van der Waals surface area contributed by atoms with Crippen LogP contribution >= 0.6 is 11.3 Å². The molecule has 1 saturated carbocycles. The van der Waals surface area contributed by atoms with E-state index in [0.717, 1.165) is 29.2 Å². The summed E-state index contributed by atoms with van der Waals surface area (Å²) < 4.78 is 3.14. The summed E-state index contributed by atoms with van der Waals surface area (Å²) in [5, 5.41) is 9.30. The summed E-state index contributed by atoms with van der Waals surface area (Å²) in [6.07, 6.45) is 5.41. The molecule has 1 N–H and O–H groups in total. The zero-order valence-corrected chi connectivity index (χ0v) is 15.6. The van der Waals surface area contributed by atoms with Gasteiger partial charge < -0.3 is 5.32 Å². The van der Waals surface area contributed by atoms with Gasteiger partial charge in [-0.05, 0) is 42.5 Å². The molecule has 1 aliphatic rings. The van der Waals surface area contributed by atoms with Crippen molar-refractivity contribution in [2.45, 2.75) is 25.3 Å². The third-order valence-electron chi connectivity index (χ3n) is 4.39. The molecule has 7 heteroatoms. The first-order chi connectivity index (χ1) is 13.2. The Morgan fingerprint density at radius 3 is 2.74 bits per heavy atom. The van der Waals surface area contributed by atoms with Gasteiger partial charge in [-0.2, -0.15) is 5.10 Å². The number of benzene rings is 1. The van der Waals surface area contributed by atoms with Gasteiger partial charge >= 0.3 is 5.69 Å². The number of hydrogen-bond acceptors (Lipinski definition) is 4. The van der Waals surface area contributed by atoms with Gasteiger partial charge in [0.25, 0.3) is 0 Å². The molecule has 1 amide bonds. The van der Waals surface area contributed by atoms with E-state index in [1.54, 1.807) is 22.0 Å². The predicted octanol–water partition coefficient (Wildman–Crippen LogP) is 2.80. The van der Waals surface area contributed by atoms with Crippen LogP contribution in [0.5, 0.6) is 0 Å². The molecule has 138 valence electrons. The number of carbonyl (C=O) groups excluding carboxylic acids is 1. The number of nitrogens with zero attached hydrogens (tertiary/aromatic N) is 3. The molecule has 3 aromatic rings. The lowest BCUT2D eigenvalue weighted by Gasteiger charge is -2.03. The molecule has 0 saturated heterocycles. The molecular formula is C20H20N4O2S. The number of rotatable bonds is 7. The smallest absolute Gasteiger partial charge is 0.350 e. The second kappa shape index (κ2) is 7.75. The highest BCUT2D eigenvalue weighted by atomic mass is 32.1. The van der Waals surface area contributed by atoms with Crippen molar-refractivity contribution in [1.82, 2.24) is 19.7 Å². The zero-order valence-electron chi connectivity index (χ0n) is 14.7. The second-order valence-electron chi connectivity index (χ2n) is 6.45. The van der Waals surface area contributed by atoms with E-state index in [1.165, 1.54) is 10.8 Å². The van der Waals surface area contributed by atoms with Crippen LogP contribution in [0.1, 0.15) is 29.5 Å². The largest absolute Gasteiger partial charge is 0.351 e. The van der Waals surface area contributed by atoms with Gasteiger partial charge in [0.1, 0.15) is 5.82 Å². The maximum Gasteiger partial charge on any atom is 0.350 e. The lowest BCUT2D eigenvalue weighted by atomic mass is 10.3. The van der Waals surface area contributed by atoms with Crippen LogP contribution in [0.4, 0.5) is 0 Å². The summed E-state index contributed by atoms with van der Waals surface area (Å²) in [7, 11) is 0. The van der Waals surface area contributed by atoms with Crippen LogP contribution in [0.3, 0.4) is 0 Å². The van der Waals surface area contributed by atoms with Crippen molar-refractivity contribution < 1.29 is 4.79 Å². The van der Waals surface area contributed by atoms with Gasteiger partial charge in [0.05, 0.1) is 12.2 Å². The van der Waals surface area contributed by atoms with Gasteiger partial charge in [-0.3, -0.25) is 4.79 Å². The highest BCUT2D eigenvalue weighted by molar-refractivity contribution is 7.10. The summed E-state index contributed by atoms with van der Waals surface area (Å²) in [4.78, 5) is 25.8. The molecule has 4 rings (SSSR count). The molecular weight excluding hydrogens is 360 g/mol. The number of nitrogens with one attached hydrogen (secondary N) is 1. The summed E-state index contributed by atoms with van der Waals surface area (Å²) in [6, 6.07) is 13.5. The fourth-order valence-corrected chi connectivity index (χ4v) is 3.50. The standard InChI is InChI=1S/C20H20N4O2S/c25-18(11-10-17-7-4-14-27-17)21-12-13-23-20(26)24(16-5-2-1-3-6-16)19(22-23)15-8-9-15/h1-7,10-11,14-15H,8-9,12-13H2,(H,21,25)/b11-10+. The van der Waals surface area contributed by atoms with Crippen LogP contribution in [0, 0.1) is 0 Å². The fraction of sp³-hybridized carbons (Fsp3) is 0.250. The normalized spacial score (nSPS) is 13.9. The number of hydrogen-bond donors (Lipinski definition) is 1. The van der Waals surface area contributed by atoms with Crippen LogP contribution in [0.2, 0.25) is 0 Å². The van der Waals surface area contributed by atoms with Crippen LogP contribution in [0.25, 0.3) is 11.8 Å². The van der Waals surface area contributed by atoms with E-state index in [4.69, 9.17) is 0 Å². The Labute approximate surface area is 160 Å². The van der Waals surface area contributed by atoms with Crippen molar-refractivity contribution in [3.8, 4) is 5.69 Å². The monoisotopic (exact) mass is 380 g/mol. The molecule has 0 radical (unpaired) electrons. The molecule has 1 fully saturated rings. The SMILES string of the molecule is O=C(/C=C/c1cccs1)NCCn1nc(C2CC2)n(-c2ccccc2)c1=O. The summed E-state index contributed by atoms with van der Waals surface area (Å²) >= 11 is 1.57. The number of thiophene rings is 1. The van der Waals surface area contributed by atoms with Crippen LogP contribution < -0.4 is 11.0 Å². The Bertz CT molecular complexity index is 999. The predicted molar refractivity (Wildman–Crippen MR) is 106 cm³/mol. The van der Waals surface area contributed by atoms with Gasteiger partial charge in [0.15, 0.2) is 0 Å². The topological polar surface area (TPSA) is 68.9 Å². The first-order valence-corrected chi connectivity index (χ1v) is 9.85. The van der Waals surface area contributed by atoms with Gasteiger partial charge in [-0.25, -0.2) is 14.0 Å². The highest BCUT2D eigenvalue weighted by Crippen LogP contribution is 2.39. The molecule has 2 aromatic heterocycles. The highest BCUT2D eigenvalue weighted by Gasteiger charge is 2.31. The Balaban J connectivity index is 1.44. The van der Waals surface area contributed by atoms with Gasteiger partial charge in [-0.15, -0.1) is 11.3 Å². The molecule has 0 unspecified atom stereocenters. The first-order valence-electron chi connectivity index (χ1n) is 8.97. The summed E-state index contributed by atoms with van der Waals surface area (Å²) in [6.45, 7) is 0.695. The molecule has 2 heterocycles. The minimum atomic E-state index is -0.179. The zero-order chi connectivity index (χ0) is 18.6. The van der Waals surface area contributed by atoms with Crippen molar-refractivity contribution in [3.63, 3.8) is 0 Å². The number of amides is 1. The van der Waals surface area contributed by atoms with E-state index in [9.17, 15) is 9.59 Å². The average Bonchev–Trinajstić information content (AvgIpc) is 3.29. The molecule has 0 bridgehead atoms. The Morgan fingerprint density at radius 1 is 1.22 bits per heavy atom. The molecule has 0 atom stereocenters. The van der Waals surface area contributed by atoms with Crippen LogP contribution in [-0.4, -0.2) is 26.8 Å². The Hall–Kier alpha value is -2.93. The number of para-hydroxylation sites is 1. The van der Waals surface area contributed by atoms with E-state index >= 15 is 0 Å². The number of aromatic nitrogens is 3. The van der Waals surface area contributed by atoms with Crippen molar-refractivity contribution >= 4 is 23.3 Å². The van der Waals surface area contributed by atoms with Crippen LogP contribution in [0.15, 0.2) is 58.7 Å². The van der Waals surface area contributed by atoms with Crippen molar-refractivity contribution in [2.75, 3.05) is 6.54 Å². The minimum absolute atomic E-state index is 0.161. The summed E-state index contributed by atoms with van der Waals surface area (Å²) in [5.74, 6) is 0.985. The van der Waals surface area contributed by atoms with E-state index in [0.29, 0.717) is 19.0 Å². The molecule has 1 aliphatic carbocycles. The number of carbonyl (C=O) groups is 1. The first kappa shape index (κ1) is 17.5. The van der Waals surface area contributed by atoms with E-state index in [-0.39, 0.29) is 11.6 Å². The molecule has 0 spiro atoms. The minimum Gasteiger partial charge on any atom is -0.351 e. The van der Waals surface area contributed by atoms with Gasteiger partial charge in [0.2, 0.25) is 5.91 Å². The lowest BCUT2D eigenvalue weighted by molar-refractivity contribution is -0.116. The van der Waals surface area contributed by atoms with Crippen LogP contribution in [-0.2, 0) is 11.3 Å². The van der Waals surface area contributed by atoms with E-state index < -0.39 is 0 Å². The maximum atomic E-state index is 12.8. The third kappa shape index (κ3) is 4.09. The van der Waals surface area contributed by atoms with E-state index in [2.05, 4.69) is 10.4 Å². The quantitative estimate of drug-likeness (QED) is 0.641. The second-order valence-corrected chi connectivity index (χ2v) is 7.43. The molecule has 0 aliphatic heterocycles. The summed E-state index contributed by atoms with van der Waals surface area (Å²) in [5.41, 5.74) is 0.671. The fourth-order valence-electron chi connectivity index (χ4n) is 2.88. The van der Waals surface area contributed by atoms with Crippen molar-refractivity contribution in [2.24, 2.45) is 0 Å². The van der Waals surface area contributed by atoms with Crippen molar-refractivity contribution in [1.29, 1.82) is 0 Å². The third-order valence-corrected chi connectivity index (χ3v) is 5.22. The molecule has 27 heavy (non-hydrogen) atoms.